The predicted octanol–water partition coefficient (Wildman–Crippen LogP) is 2.00. The molecule has 3 nitrogen and oxygen atoms in total. The van der Waals surface area contributed by atoms with E-state index in [4.69, 9.17) is 4.74 Å². The van der Waals surface area contributed by atoms with Gasteiger partial charge in [-0.05, 0) is 24.6 Å². The Bertz CT molecular complexity index is 380. The molecule has 0 amide bonds. The number of rotatable bonds is 3. The van der Waals surface area contributed by atoms with Gasteiger partial charge in [0.25, 0.3) is 0 Å². The van der Waals surface area contributed by atoms with Crippen molar-refractivity contribution in [1.82, 2.24) is 0 Å². The first-order chi connectivity index (χ1) is 6.56. The van der Waals surface area contributed by atoms with Gasteiger partial charge in [-0.2, -0.15) is 0 Å². The van der Waals surface area contributed by atoms with Gasteiger partial charge in [0.1, 0.15) is 0 Å². The van der Waals surface area contributed by atoms with Gasteiger partial charge < -0.3 is 9.84 Å². The van der Waals surface area contributed by atoms with E-state index in [0.29, 0.717) is 16.9 Å². The molecule has 0 atom stereocenters. The van der Waals surface area contributed by atoms with Crippen molar-refractivity contribution in [3.63, 3.8) is 0 Å². The summed E-state index contributed by atoms with van der Waals surface area (Å²) in [6.07, 6.45) is 0. The molecule has 1 aromatic rings. The molecule has 0 bridgehead atoms. The van der Waals surface area contributed by atoms with Crippen molar-refractivity contribution in [3.05, 3.63) is 30.3 Å². The molecule has 74 valence electrons. The molecule has 0 saturated heterocycles. The Labute approximate surface area is 82.6 Å². The Morgan fingerprint density at radius 2 is 2.14 bits per heavy atom. The monoisotopic (exact) mass is 192 g/mol. The minimum absolute atomic E-state index is 0.00685. The zero-order valence-electron chi connectivity index (χ0n) is 8.20. The number of Topliss-reactive ketones (excluding diaryl/α,β-unsaturated/α-hetero) is 1. The fraction of sp³-hybridized carbons (Fsp3) is 0.182. The second-order valence-electron chi connectivity index (χ2n) is 2.92. The highest BCUT2D eigenvalue weighted by Gasteiger charge is 2.07. The number of carbonyl (C=O) groups excluding carboxylic acids is 1. The number of ketones is 1. The number of aromatic hydroxyl groups is 1. The highest BCUT2D eigenvalue weighted by molar-refractivity contribution is 6.18. The largest absolute Gasteiger partial charge is 0.504 e. The summed E-state index contributed by atoms with van der Waals surface area (Å²) in [6.45, 7) is 5.05. The van der Waals surface area contributed by atoms with Crippen LogP contribution in [0.3, 0.4) is 0 Å². The number of benzene rings is 1. The number of allylic oxidation sites excluding steroid dienone is 1. The first-order valence-electron chi connectivity index (χ1n) is 4.13. The number of phenolic OH excluding ortho intramolecular Hbond substituents is 1. The Hall–Kier alpha value is -1.77. The van der Waals surface area contributed by atoms with Crippen LogP contribution in [0, 0.1) is 0 Å². The lowest BCUT2D eigenvalue weighted by Gasteiger charge is -2.06. The fourth-order valence-corrected chi connectivity index (χ4v) is 1.08. The number of carbonyl (C=O) groups is 1. The second kappa shape index (κ2) is 3.96. The Kier molecular flexibility index (Phi) is 2.92. The van der Waals surface area contributed by atoms with E-state index in [9.17, 15) is 9.90 Å². The summed E-state index contributed by atoms with van der Waals surface area (Å²) in [4.78, 5) is 11.0. The van der Waals surface area contributed by atoms with Crippen LogP contribution in [0.5, 0.6) is 11.5 Å². The lowest BCUT2D eigenvalue weighted by atomic mass is 10.0. The van der Waals surface area contributed by atoms with Crippen molar-refractivity contribution >= 4 is 11.4 Å². The molecule has 1 aromatic carbocycles. The summed E-state index contributed by atoms with van der Waals surface area (Å²) in [7, 11) is 1.47. The molecular weight excluding hydrogens is 180 g/mol. The third-order valence-electron chi connectivity index (χ3n) is 1.95. The fourth-order valence-electron chi connectivity index (χ4n) is 1.08. The molecule has 0 aliphatic heterocycles. The van der Waals surface area contributed by atoms with Gasteiger partial charge in [-0.15, -0.1) is 0 Å². The summed E-state index contributed by atoms with van der Waals surface area (Å²) in [5.74, 6) is 0.270. The minimum Gasteiger partial charge on any atom is -0.504 e. The van der Waals surface area contributed by atoms with E-state index in [1.54, 1.807) is 12.1 Å². The lowest BCUT2D eigenvalue weighted by Crippen LogP contribution is -1.94. The summed E-state index contributed by atoms with van der Waals surface area (Å²) in [5, 5.41) is 9.44. The standard InChI is InChI=1S/C11H12O3/c1-7(8(2)12)9-4-5-11(14-3)10(13)6-9/h4-6,13H,1H2,2-3H3. The molecule has 0 unspecified atom stereocenters. The molecule has 0 aliphatic rings. The van der Waals surface area contributed by atoms with Gasteiger partial charge >= 0.3 is 0 Å². The van der Waals surface area contributed by atoms with Gasteiger partial charge in [0.05, 0.1) is 7.11 Å². The Morgan fingerprint density at radius 1 is 1.50 bits per heavy atom. The maximum absolute atomic E-state index is 11.0. The van der Waals surface area contributed by atoms with Crippen LogP contribution < -0.4 is 4.74 Å². The zero-order chi connectivity index (χ0) is 10.7. The molecule has 0 aliphatic carbocycles. The highest BCUT2D eigenvalue weighted by Crippen LogP contribution is 2.28. The lowest BCUT2D eigenvalue weighted by molar-refractivity contribution is -0.111. The van der Waals surface area contributed by atoms with E-state index in [-0.39, 0.29) is 11.5 Å². The summed E-state index contributed by atoms with van der Waals surface area (Å²) in [5.41, 5.74) is 0.985. The number of methoxy groups -OCH3 is 1. The van der Waals surface area contributed by atoms with E-state index in [2.05, 4.69) is 6.58 Å². The number of ether oxygens (including phenoxy) is 1. The minimum atomic E-state index is -0.116. The van der Waals surface area contributed by atoms with Crippen molar-refractivity contribution in [1.29, 1.82) is 0 Å². The van der Waals surface area contributed by atoms with Gasteiger partial charge in [-0.25, -0.2) is 0 Å². The number of hydrogen-bond donors (Lipinski definition) is 1. The van der Waals surface area contributed by atoms with Crippen LogP contribution in [-0.4, -0.2) is 18.0 Å². The number of hydrogen-bond acceptors (Lipinski definition) is 3. The van der Waals surface area contributed by atoms with Crippen molar-refractivity contribution in [2.75, 3.05) is 7.11 Å². The zero-order valence-corrected chi connectivity index (χ0v) is 8.20. The molecule has 0 spiro atoms. The smallest absolute Gasteiger partial charge is 0.160 e. The topological polar surface area (TPSA) is 46.5 Å². The van der Waals surface area contributed by atoms with E-state index < -0.39 is 0 Å². The molecule has 3 heteroatoms. The van der Waals surface area contributed by atoms with Gasteiger partial charge in [-0.3, -0.25) is 4.79 Å². The molecule has 0 heterocycles. The predicted molar refractivity (Wildman–Crippen MR) is 54.4 cm³/mol. The molecule has 14 heavy (non-hydrogen) atoms. The quantitative estimate of drug-likeness (QED) is 0.745. The van der Waals surface area contributed by atoms with Crippen LogP contribution in [0.2, 0.25) is 0 Å². The van der Waals surface area contributed by atoms with Crippen LogP contribution in [0.15, 0.2) is 24.8 Å². The molecule has 0 aromatic heterocycles. The molecule has 0 fully saturated rings. The second-order valence-corrected chi connectivity index (χ2v) is 2.92. The molecule has 1 N–H and O–H groups in total. The molecule has 0 saturated carbocycles. The normalized spacial score (nSPS) is 9.57. The summed E-state index contributed by atoms with van der Waals surface area (Å²) < 4.78 is 4.88. The summed E-state index contributed by atoms with van der Waals surface area (Å²) >= 11 is 0. The van der Waals surface area contributed by atoms with Crippen molar-refractivity contribution < 1.29 is 14.6 Å². The maximum Gasteiger partial charge on any atom is 0.160 e. The van der Waals surface area contributed by atoms with Crippen molar-refractivity contribution in [2.45, 2.75) is 6.92 Å². The first-order valence-corrected chi connectivity index (χ1v) is 4.13. The first kappa shape index (κ1) is 10.3. The van der Waals surface area contributed by atoms with Crippen LogP contribution >= 0.6 is 0 Å². The van der Waals surface area contributed by atoms with Gasteiger partial charge in [0.15, 0.2) is 17.3 Å². The summed E-state index contributed by atoms with van der Waals surface area (Å²) in [6, 6.07) is 4.74. The SMILES string of the molecule is C=C(C(C)=O)c1ccc(OC)c(O)c1. The van der Waals surface area contributed by atoms with Gasteiger partial charge in [-0.1, -0.05) is 12.6 Å². The van der Waals surface area contributed by atoms with Gasteiger partial charge in [0, 0.05) is 5.57 Å². The maximum atomic E-state index is 11.0. The number of phenols is 1. The van der Waals surface area contributed by atoms with Crippen LogP contribution in [0.4, 0.5) is 0 Å². The average molecular weight is 192 g/mol. The van der Waals surface area contributed by atoms with Crippen molar-refractivity contribution in [2.24, 2.45) is 0 Å². The molecule has 1 rings (SSSR count). The van der Waals surface area contributed by atoms with Crippen LogP contribution in [0.1, 0.15) is 12.5 Å². The molecular formula is C11H12O3. The van der Waals surface area contributed by atoms with E-state index in [0.717, 1.165) is 0 Å². The highest BCUT2D eigenvalue weighted by atomic mass is 16.5. The van der Waals surface area contributed by atoms with E-state index in [1.165, 1.54) is 20.1 Å². The van der Waals surface area contributed by atoms with Gasteiger partial charge in [0.2, 0.25) is 0 Å². The third kappa shape index (κ3) is 1.93. The average Bonchev–Trinajstić information content (AvgIpc) is 2.16. The molecule has 0 radical (unpaired) electrons. The van der Waals surface area contributed by atoms with Crippen LogP contribution in [-0.2, 0) is 4.79 Å². The third-order valence-corrected chi connectivity index (χ3v) is 1.95. The van der Waals surface area contributed by atoms with E-state index in [1.807, 2.05) is 0 Å². The van der Waals surface area contributed by atoms with Crippen molar-refractivity contribution in [3.8, 4) is 11.5 Å². The van der Waals surface area contributed by atoms with Crippen LogP contribution in [0.25, 0.3) is 5.57 Å². The Morgan fingerprint density at radius 3 is 2.57 bits per heavy atom. The van der Waals surface area contributed by atoms with E-state index >= 15 is 0 Å². The Balaban J connectivity index is 3.09.